The van der Waals surface area contributed by atoms with Crippen LogP contribution in [-0.2, 0) is 19.4 Å². The molecule has 1 unspecified atom stereocenters. The number of nitrogens with zero attached hydrogens (tertiary/aromatic N) is 4. The lowest BCUT2D eigenvalue weighted by Crippen LogP contribution is -2.36. The van der Waals surface area contributed by atoms with Crippen molar-refractivity contribution >= 4 is 17.5 Å². The summed E-state index contributed by atoms with van der Waals surface area (Å²) < 4.78 is 79.8. The minimum Gasteiger partial charge on any atom is -0.394 e. The number of carbonyl (C=O) groups is 1. The van der Waals surface area contributed by atoms with Gasteiger partial charge >= 0.3 is 12.4 Å². The molecule has 8 nitrogen and oxygen atoms in total. The van der Waals surface area contributed by atoms with Crippen LogP contribution in [0.15, 0.2) is 36.5 Å². The number of alkyl halides is 6. The zero-order valence-corrected chi connectivity index (χ0v) is 17.7. The SMILES string of the molecule is CC(CO)NC(=O)c1cc(-c2ccnc(Nc3cc(C(F)(F)F)cc(C(F)(F)F)c3)n2)nn1C. The number of amides is 1. The van der Waals surface area contributed by atoms with Crippen LogP contribution in [0.3, 0.4) is 0 Å². The van der Waals surface area contributed by atoms with Gasteiger partial charge < -0.3 is 15.7 Å². The van der Waals surface area contributed by atoms with Crippen LogP contribution >= 0.6 is 0 Å². The number of carbonyl (C=O) groups excluding carboxylic acids is 1. The Morgan fingerprint density at radius 3 is 2.24 bits per heavy atom. The highest BCUT2D eigenvalue weighted by molar-refractivity contribution is 5.93. The molecule has 0 saturated carbocycles. The third-order valence-corrected chi connectivity index (χ3v) is 4.53. The van der Waals surface area contributed by atoms with Gasteiger partial charge in [0.25, 0.3) is 5.91 Å². The van der Waals surface area contributed by atoms with E-state index in [9.17, 15) is 31.1 Å². The van der Waals surface area contributed by atoms with Gasteiger partial charge in [-0.3, -0.25) is 9.48 Å². The van der Waals surface area contributed by atoms with Gasteiger partial charge in [-0.05, 0) is 37.3 Å². The van der Waals surface area contributed by atoms with E-state index in [1.807, 2.05) is 0 Å². The summed E-state index contributed by atoms with van der Waals surface area (Å²) in [6.07, 6.45) is -8.77. The third-order valence-electron chi connectivity index (χ3n) is 4.53. The lowest BCUT2D eigenvalue weighted by molar-refractivity contribution is -0.143. The van der Waals surface area contributed by atoms with Crippen LogP contribution in [0.4, 0.5) is 38.0 Å². The summed E-state index contributed by atoms with van der Waals surface area (Å²) in [4.78, 5) is 20.2. The van der Waals surface area contributed by atoms with Crippen molar-refractivity contribution < 1.29 is 36.2 Å². The van der Waals surface area contributed by atoms with Gasteiger partial charge in [-0.2, -0.15) is 31.4 Å². The Bertz CT molecular complexity index is 1160. The largest absolute Gasteiger partial charge is 0.416 e. The number of halogens is 6. The maximum absolute atomic E-state index is 13.1. The van der Waals surface area contributed by atoms with E-state index in [0.29, 0.717) is 12.1 Å². The summed E-state index contributed by atoms with van der Waals surface area (Å²) in [6, 6.07) is 3.32. The van der Waals surface area contributed by atoms with Crippen molar-refractivity contribution in [1.82, 2.24) is 25.1 Å². The van der Waals surface area contributed by atoms with Crippen molar-refractivity contribution in [3.63, 3.8) is 0 Å². The van der Waals surface area contributed by atoms with Crippen LogP contribution in [0.25, 0.3) is 11.4 Å². The number of nitrogens with one attached hydrogen (secondary N) is 2. The first-order valence-corrected chi connectivity index (χ1v) is 9.63. The topological polar surface area (TPSA) is 105 Å². The zero-order chi connectivity index (χ0) is 25.3. The third kappa shape index (κ3) is 5.81. The lowest BCUT2D eigenvalue weighted by Gasteiger charge is -2.14. The molecule has 0 spiro atoms. The summed E-state index contributed by atoms with van der Waals surface area (Å²) in [5.41, 5.74) is -2.99. The van der Waals surface area contributed by atoms with Crippen molar-refractivity contribution in [3.05, 3.63) is 53.3 Å². The van der Waals surface area contributed by atoms with Gasteiger partial charge in [-0.1, -0.05) is 0 Å². The van der Waals surface area contributed by atoms with E-state index in [1.165, 1.54) is 30.1 Å². The number of aliphatic hydroxyl groups is 1. The summed E-state index contributed by atoms with van der Waals surface area (Å²) >= 11 is 0. The van der Waals surface area contributed by atoms with E-state index in [2.05, 4.69) is 25.7 Å². The summed E-state index contributed by atoms with van der Waals surface area (Å²) in [7, 11) is 1.49. The van der Waals surface area contributed by atoms with Crippen molar-refractivity contribution in [1.29, 1.82) is 0 Å². The number of hydrogen-bond donors (Lipinski definition) is 3. The first-order valence-electron chi connectivity index (χ1n) is 9.63. The Morgan fingerprint density at radius 1 is 1.06 bits per heavy atom. The molecular formula is C20H18F6N6O2. The van der Waals surface area contributed by atoms with Crippen LogP contribution < -0.4 is 10.6 Å². The van der Waals surface area contributed by atoms with E-state index in [4.69, 9.17) is 5.11 Å². The van der Waals surface area contributed by atoms with Crippen LogP contribution in [0, 0.1) is 0 Å². The second-order valence-corrected chi connectivity index (χ2v) is 7.28. The minimum atomic E-state index is -5.00. The predicted octanol–water partition coefficient (Wildman–Crippen LogP) is 3.77. The number of aromatic nitrogens is 4. The number of benzene rings is 1. The Hall–Kier alpha value is -3.68. The molecule has 34 heavy (non-hydrogen) atoms. The first-order chi connectivity index (χ1) is 15.8. The van der Waals surface area contributed by atoms with Gasteiger partial charge in [0.05, 0.1) is 23.4 Å². The maximum Gasteiger partial charge on any atom is 0.416 e. The van der Waals surface area contributed by atoms with Crippen molar-refractivity contribution in [3.8, 4) is 11.4 Å². The summed E-state index contributed by atoms with van der Waals surface area (Å²) in [5, 5.41) is 18.1. The van der Waals surface area contributed by atoms with Crippen LogP contribution in [0.1, 0.15) is 28.5 Å². The van der Waals surface area contributed by atoms with E-state index in [-0.39, 0.29) is 35.7 Å². The van der Waals surface area contributed by atoms with Gasteiger partial charge in [-0.25, -0.2) is 9.97 Å². The maximum atomic E-state index is 13.1. The highest BCUT2D eigenvalue weighted by Gasteiger charge is 2.37. The molecule has 1 aromatic carbocycles. The number of anilines is 2. The fourth-order valence-electron chi connectivity index (χ4n) is 2.87. The van der Waals surface area contributed by atoms with Gasteiger partial charge in [0.2, 0.25) is 5.95 Å². The molecule has 3 rings (SSSR count). The van der Waals surface area contributed by atoms with Crippen LogP contribution in [-0.4, -0.2) is 43.4 Å². The number of hydrogen-bond acceptors (Lipinski definition) is 6. The molecule has 1 amide bonds. The summed E-state index contributed by atoms with van der Waals surface area (Å²) in [6.45, 7) is 1.32. The molecule has 0 aliphatic rings. The Labute approximate surface area is 188 Å². The van der Waals surface area contributed by atoms with E-state index in [1.54, 1.807) is 6.92 Å². The first kappa shape index (κ1) is 25.0. The van der Waals surface area contributed by atoms with Crippen LogP contribution in [0.2, 0.25) is 0 Å². The van der Waals surface area contributed by atoms with Gasteiger partial charge in [-0.15, -0.1) is 0 Å². The van der Waals surface area contributed by atoms with Gasteiger partial charge in [0.15, 0.2) is 0 Å². The average Bonchev–Trinajstić information content (AvgIpc) is 3.14. The van der Waals surface area contributed by atoms with Crippen LogP contribution in [0.5, 0.6) is 0 Å². The molecule has 2 heterocycles. The number of aliphatic hydroxyl groups excluding tert-OH is 1. The predicted molar refractivity (Wildman–Crippen MR) is 108 cm³/mol. The summed E-state index contributed by atoms with van der Waals surface area (Å²) in [5.74, 6) is -0.797. The minimum absolute atomic E-state index is 0.0145. The quantitative estimate of drug-likeness (QED) is 0.457. The monoisotopic (exact) mass is 488 g/mol. The van der Waals surface area contributed by atoms with Crippen molar-refractivity contribution in [2.45, 2.75) is 25.3 Å². The van der Waals surface area contributed by atoms with Gasteiger partial charge in [0.1, 0.15) is 11.4 Å². The number of aryl methyl sites for hydroxylation is 1. The van der Waals surface area contributed by atoms with E-state index < -0.39 is 41.1 Å². The standard InChI is InChI=1S/C20H18F6N6O2/c1-10(9-33)28-17(34)16-8-15(31-32(16)2)14-3-4-27-18(30-14)29-13-6-11(19(21,22)23)5-12(7-13)20(24,25)26/h3-8,10,33H,9H2,1-2H3,(H,28,34)(H,27,29,30). The normalized spacial score (nSPS) is 13.0. The fraction of sp³-hybridized carbons (Fsp3) is 0.300. The Morgan fingerprint density at radius 2 is 1.68 bits per heavy atom. The Kier molecular flexibility index (Phi) is 6.82. The van der Waals surface area contributed by atoms with Crippen molar-refractivity contribution in [2.24, 2.45) is 7.05 Å². The number of rotatable bonds is 6. The zero-order valence-electron chi connectivity index (χ0n) is 17.7. The smallest absolute Gasteiger partial charge is 0.394 e. The molecule has 0 saturated heterocycles. The molecule has 0 aliphatic carbocycles. The van der Waals surface area contributed by atoms with Gasteiger partial charge in [0, 0.05) is 25.0 Å². The average molecular weight is 488 g/mol. The molecule has 0 radical (unpaired) electrons. The second kappa shape index (κ2) is 9.29. The van der Waals surface area contributed by atoms with E-state index >= 15 is 0 Å². The second-order valence-electron chi connectivity index (χ2n) is 7.28. The van der Waals surface area contributed by atoms with E-state index in [0.717, 1.165) is 0 Å². The molecule has 3 N–H and O–H groups in total. The lowest BCUT2D eigenvalue weighted by atomic mass is 10.1. The highest BCUT2D eigenvalue weighted by atomic mass is 19.4. The molecule has 2 aromatic heterocycles. The molecule has 0 aliphatic heterocycles. The van der Waals surface area contributed by atoms with Crippen molar-refractivity contribution in [2.75, 3.05) is 11.9 Å². The Balaban J connectivity index is 1.92. The molecule has 0 bridgehead atoms. The molecule has 1 atom stereocenters. The highest BCUT2D eigenvalue weighted by Crippen LogP contribution is 2.38. The fourth-order valence-corrected chi connectivity index (χ4v) is 2.87. The molecule has 0 fully saturated rings. The molecule has 3 aromatic rings. The molecular weight excluding hydrogens is 470 g/mol. The molecule has 182 valence electrons. The molecule has 14 heteroatoms.